The first-order chi connectivity index (χ1) is 16.4. The average Bonchev–Trinajstić information content (AvgIpc) is 2.84. The van der Waals surface area contributed by atoms with Crippen LogP contribution in [0.15, 0.2) is 17.3 Å². The van der Waals surface area contributed by atoms with Gasteiger partial charge in [0.15, 0.2) is 5.65 Å². The molecule has 188 valence electrons. The monoisotopic (exact) mass is 481 g/mol. The molecule has 2 N–H and O–H groups in total. The normalized spacial score (nSPS) is 17.1. The molecule has 11 heteroatoms. The fraction of sp³-hybridized carbons (Fsp3) is 0.609. The maximum Gasteiger partial charge on any atom is 0.379 e. The van der Waals surface area contributed by atoms with Crippen LogP contribution in [-0.2, 0) is 4.74 Å². The van der Waals surface area contributed by atoms with Gasteiger partial charge in [0, 0.05) is 32.3 Å². The van der Waals surface area contributed by atoms with Crippen molar-refractivity contribution in [2.24, 2.45) is 10.7 Å². The standard InChI is InChI=1S/C18H25N5O.C4H8N2.CHF3/c1-12-13(2)20-17-16(19-12)15(14-6-4-3-5-7-14)21-18(22-17)23-8-10-24-11-9-23;1-6-4-2-3-5;2-1(3)4/h14H,3-11H2,1-2H3;2-4H,5H2,1H3;1H/b;3-2-,6-4?;. The Morgan fingerprint density at radius 3 is 2.18 bits per heavy atom. The van der Waals surface area contributed by atoms with Crippen LogP contribution < -0.4 is 10.6 Å². The highest BCUT2D eigenvalue weighted by atomic mass is 19.4. The number of rotatable bonds is 3. The Bertz CT molecular complexity index is 931. The van der Waals surface area contributed by atoms with E-state index in [1.807, 2.05) is 13.8 Å². The number of fused-ring (bicyclic) bond motifs is 1. The zero-order chi connectivity index (χ0) is 24.9. The first-order valence-electron chi connectivity index (χ1n) is 11.4. The molecule has 1 saturated carbocycles. The molecule has 0 aromatic carbocycles. The van der Waals surface area contributed by atoms with Gasteiger partial charge in [-0.3, -0.25) is 4.99 Å². The molecule has 2 fully saturated rings. The van der Waals surface area contributed by atoms with E-state index in [1.165, 1.54) is 38.3 Å². The summed E-state index contributed by atoms with van der Waals surface area (Å²) in [6.07, 6.45) is 11.0. The molecule has 3 heterocycles. The predicted molar refractivity (Wildman–Crippen MR) is 128 cm³/mol. The molecule has 0 bridgehead atoms. The third-order valence-electron chi connectivity index (χ3n) is 5.59. The molecule has 1 aliphatic carbocycles. The summed E-state index contributed by atoms with van der Waals surface area (Å²) in [7, 11) is 1.69. The summed E-state index contributed by atoms with van der Waals surface area (Å²) >= 11 is 0. The Morgan fingerprint density at radius 2 is 1.62 bits per heavy atom. The smallest absolute Gasteiger partial charge is 0.379 e. The van der Waals surface area contributed by atoms with Crippen molar-refractivity contribution in [2.75, 3.05) is 38.3 Å². The van der Waals surface area contributed by atoms with E-state index in [4.69, 9.17) is 30.4 Å². The number of anilines is 1. The Morgan fingerprint density at radius 1 is 1.00 bits per heavy atom. The quantitative estimate of drug-likeness (QED) is 0.654. The molecular formula is C23H34F3N7O. The largest absolute Gasteiger partial charge is 0.405 e. The van der Waals surface area contributed by atoms with Gasteiger partial charge in [-0.25, -0.2) is 15.0 Å². The number of ether oxygens (including phenoxy) is 1. The molecule has 0 radical (unpaired) electrons. The van der Waals surface area contributed by atoms with Gasteiger partial charge in [0.2, 0.25) is 5.95 Å². The minimum Gasteiger partial charge on any atom is -0.405 e. The van der Waals surface area contributed by atoms with Crippen molar-refractivity contribution in [3.8, 4) is 0 Å². The molecule has 34 heavy (non-hydrogen) atoms. The minimum atomic E-state index is -3.67. The van der Waals surface area contributed by atoms with Gasteiger partial charge in [-0.15, -0.1) is 0 Å². The highest BCUT2D eigenvalue weighted by Crippen LogP contribution is 2.35. The van der Waals surface area contributed by atoms with Crippen LogP contribution in [0.3, 0.4) is 0 Å². The third kappa shape index (κ3) is 8.51. The average molecular weight is 482 g/mol. The summed E-state index contributed by atoms with van der Waals surface area (Å²) in [6.45, 7) is 3.50. The molecular weight excluding hydrogens is 447 g/mol. The fourth-order valence-electron chi connectivity index (χ4n) is 3.82. The first-order valence-corrected chi connectivity index (χ1v) is 11.4. The molecule has 0 atom stereocenters. The van der Waals surface area contributed by atoms with E-state index in [0.717, 1.165) is 60.5 Å². The molecule has 1 aliphatic heterocycles. The Labute approximate surface area is 198 Å². The molecule has 2 aliphatic rings. The summed E-state index contributed by atoms with van der Waals surface area (Å²) in [4.78, 5) is 25.1. The van der Waals surface area contributed by atoms with Crippen molar-refractivity contribution in [2.45, 2.75) is 58.5 Å². The van der Waals surface area contributed by atoms with Crippen molar-refractivity contribution in [3.63, 3.8) is 0 Å². The molecule has 2 aromatic rings. The van der Waals surface area contributed by atoms with Gasteiger partial charge in [-0.2, -0.15) is 18.2 Å². The van der Waals surface area contributed by atoms with Crippen molar-refractivity contribution >= 4 is 23.3 Å². The van der Waals surface area contributed by atoms with Gasteiger partial charge in [-0.05, 0) is 39.0 Å². The zero-order valence-electron chi connectivity index (χ0n) is 20.1. The number of halogens is 3. The van der Waals surface area contributed by atoms with E-state index in [-0.39, 0.29) is 0 Å². The summed E-state index contributed by atoms with van der Waals surface area (Å²) in [6, 6.07) is 0. The number of aromatic nitrogens is 4. The molecule has 1 saturated heterocycles. The van der Waals surface area contributed by atoms with Crippen molar-refractivity contribution in [1.29, 1.82) is 0 Å². The lowest BCUT2D eigenvalue weighted by molar-refractivity contribution is 0.00819. The van der Waals surface area contributed by atoms with Crippen molar-refractivity contribution < 1.29 is 17.9 Å². The second-order valence-electron chi connectivity index (χ2n) is 7.95. The van der Waals surface area contributed by atoms with Crippen LogP contribution in [0.2, 0.25) is 0 Å². The van der Waals surface area contributed by atoms with E-state index in [2.05, 4.69) is 9.89 Å². The molecule has 4 rings (SSSR count). The third-order valence-corrected chi connectivity index (χ3v) is 5.59. The lowest BCUT2D eigenvalue weighted by Crippen LogP contribution is -2.37. The van der Waals surface area contributed by atoms with Crippen LogP contribution in [0.4, 0.5) is 19.1 Å². The Kier molecular flexibility index (Phi) is 11.7. The highest BCUT2D eigenvalue weighted by molar-refractivity contribution is 5.75. The maximum absolute atomic E-state index is 9.67. The van der Waals surface area contributed by atoms with Gasteiger partial charge in [0.25, 0.3) is 0 Å². The van der Waals surface area contributed by atoms with Gasteiger partial charge in [0.1, 0.15) is 5.52 Å². The van der Waals surface area contributed by atoms with E-state index in [9.17, 15) is 13.2 Å². The predicted octanol–water partition coefficient (Wildman–Crippen LogP) is 4.26. The second kappa shape index (κ2) is 14.4. The topological polar surface area (TPSA) is 102 Å². The van der Waals surface area contributed by atoms with Gasteiger partial charge in [0.05, 0.1) is 30.3 Å². The summed E-state index contributed by atoms with van der Waals surface area (Å²) in [5.74, 6) is 1.28. The number of aliphatic imine (C=N–C) groups is 1. The number of morpholine rings is 1. The number of alkyl halides is 3. The van der Waals surface area contributed by atoms with Crippen LogP contribution in [0.1, 0.15) is 55.1 Å². The number of hydrogen-bond donors (Lipinski definition) is 1. The van der Waals surface area contributed by atoms with E-state index in [0.29, 0.717) is 5.92 Å². The SMILES string of the molecule is CN=C/C=C\N.Cc1nc2nc(N3CCOCC3)nc(C3CCCCC3)c2nc1C.FC(F)F. The number of hydrogen-bond acceptors (Lipinski definition) is 8. The van der Waals surface area contributed by atoms with Crippen molar-refractivity contribution in [3.05, 3.63) is 29.4 Å². The van der Waals surface area contributed by atoms with Crippen LogP contribution >= 0.6 is 0 Å². The summed E-state index contributed by atoms with van der Waals surface area (Å²) in [5, 5.41) is 0. The number of nitrogens with zero attached hydrogens (tertiary/aromatic N) is 6. The fourth-order valence-corrected chi connectivity index (χ4v) is 3.82. The molecule has 0 amide bonds. The van der Waals surface area contributed by atoms with E-state index < -0.39 is 6.68 Å². The molecule has 0 spiro atoms. The van der Waals surface area contributed by atoms with Gasteiger partial charge < -0.3 is 15.4 Å². The maximum atomic E-state index is 9.67. The second-order valence-corrected chi connectivity index (χ2v) is 7.95. The van der Waals surface area contributed by atoms with Crippen LogP contribution in [0.25, 0.3) is 11.2 Å². The van der Waals surface area contributed by atoms with E-state index in [1.54, 1.807) is 19.3 Å². The zero-order valence-corrected chi connectivity index (χ0v) is 20.1. The van der Waals surface area contributed by atoms with E-state index >= 15 is 0 Å². The Hall–Kier alpha value is -2.82. The van der Waals surface area contributed by atoms with Gasteiger partial charge >= 0.3 is 6.68 Å². The molecule has 0 unspecified atom stereocenters. The van der Waals surface area contributed by atoms with Crippen molar-refractivity contribution in [1.82, 2.24) is 19.9 Å². The van der Waals surface area contributed by atoms with Gasteiger partial charge in [-0.1, -0.05) is 19.3 Å². The summed E-state index contributed by atoms with van der Waals surface area (Å²) in [5.41, 5.74) is 9.62. The number of allylic oxidation sites excluding steroid dienone is 1. The van der Waals surface area contributed by atoms with Crippen LogP contribution in [0.5, 0.6) is 0 Å². The lowest BCUT2D eigenvalue weighted by atomic mass is 9.86. The summed E-state index contributed by atoms with van der Waals surface area (Å²) < 4.78 is 34.5. The molecule has 8 nitrogen and oxygen atoms in total. The first kappa shape index (κ1) is 27.4. The highest BCUT2D eigenvalue weighted by Gasteiger charge is 2.24. The van der Waals surface area contributed by atoms with Crippen LogP contribution in [-0.4, -0.2) is 66.2 Å². The number of nitrogens with two attached hydrogens (primary N) is 1. The minimum absolute atomic E-state index is 0.487. The molecule has 2 aromatic heterocycles. The lowest BCUT2D eigenvalue weighted by Gasteiger charge is -2.28. The number of aryl methyl sites for hydroxylation is 2. The Balaban J connectivity index is 0.000000347. The van der Waals surface area contributed by atoms with Crippen LogP contribution in [0, 0.1) is 13.8 Å².